The van der Waals surface area contributed by atoms with Gasteiger partial charge >= 0.3 is 0 Å². The molecule has 0 saturated heterocycles. The Kier molecular flexibility index (Phi) is 4.70. The molecule has 5 heteroatoms. The number of nitrogens with one attached hydrogen (secondary N) is 1. The smallest absolute Gasteiger partial charge is 0.243 e. The van der Waals surface area contributed by atoms with E-state index in [1.807, 2.05) is 6.92 Å². The second-order valence-electron chi connectivity index (χ2n) is 5.80. The molecule has 0 aromatic heterocycles. The fourth-order valence-corrected chi connectivity index (χ4v) is 4.75. The zero-order valence-electron chi connectivity index (χ0n) is 12.2. The summed E-state index contributed by atoms with van der Waals surface area (Å²) < 4.78 is 27.9. The van der Waals surface area contributed by atoms with Crippen molar-refractivity contribution < 1.29 is 8.42 Å². The Balaban J connectivity index is 2.18. The molecule has 1 aliphatic carbocycles. The van der Waals surface area contributed by atoms with Crippen LogP contribution in [0.3, 0.4) is 0 Å². The van der Waals surface area contributed by atoms with Gasteiger partial charge in [-0.2, -0.15) is 0 Å². The zero-order chi connectivity index (χ0) is 14.8. The molecule has 1 fully saturated rings. The molecule has 2 rings (SSSR count). The molecule has 0 radical (unpaired) electrons. The van der Waals surface area contributed by atoms with Crippen LogP contribution >= 0.6 is 0 Å². The maximum absolute atomic E-state index is 12.5. The van der Waals surface area contributed by atoms with E-state index in [0.29, 0.717) is 17.2 Å². The van der Waals surface area contributed by atoms with Crippen LogP contribution in [0.1, 0.15) is 44.6 Å². The van der Waals surface area contributed by atoms with E-state index >= 15 is 0 Å². The van der Waals surface area contributed by atoms with Crippen LogP contribution in [0.25, 0.3) is 0 Å². The minimum Gasteiger partial charge on any atom is -0.398 e. The number of hydrogen-bond donors (Lipinski definition) is 2. The van der Waals surface area contributed by atoms with Crippen molar-refractivity contribution in [2.75, 3.05) is 5.73 Å². The Hall–Kier alpha value is -1.07. The summed E-state index contributed by atoms with van der Waals surface area (Å²) in [6, 6.07) is 5.14. The molecule has 0 spiro atoms. The first-order valence-electron chi connectivity index (χ1n) is 7.29. The molecule has 3 N–H and O–H groups in total. The average molecular weight is 296 g/mol. The standard InChI is InChI=1S/C15H24N2O2S/c1-11-7-6-10-14(16)15(11)20(18,19)17-12(2)13-8-4-3-5-9-13/h6-7,10,12-13,17H,3-5,8-9,16H2,1-2H3. The monoisotopic (exact) mass is 296 g/mol. The lowest BCUT2D eigenvalue weighted by Crippen LogP contribution is -2.39. The van der Waals surface area contributed by atoms with E-state index in [1.165, 1.54) is 19.3 Å². The van der Waals surface area contributed by atoms with Crippen molar-refractivity contribution in [2.24, 2.45) is 5.92 Å². The lowest BCUT2D eigenvalue weighted by molar-refractivity contribution is 0.303. The highest BCUT2D eigenvalue weighted by Crippen LogP contribution is 2.28. The highest BCUT2D eigenvalue weighted by molar-refractivity contribution is 7.89. The van der Waals surface area contributed by atoms with E-state index in [0.717, 1.165) is 12.8 Å². The van der Waals surface area contributed by atoms with E-state index in [1.54, 1.807) is 25.1 Å². The lowest BCUT2D eigenvalue weighted by Gasteiger charge is -2.28. The number of nitrogen functional groups attached to an aromatic ring is 1. The summed E-state index contributed by atoms with van der Waals surface area (Å²) in [5, 5.41) is 0. The van der Waals surface area contributed by atoms with Gasteiger partial charge in [0.1, 0.15) is 4.90 Å². The SMILES string of the molecule is Cc1cccc(N)c1S(=O)(=O)NC(C)C1CCCCC1. The first-order valence-corrected chi connectivity index (χ1v) is 8.77. The second-order valence-corrected chi connectivity index (χ2v) is 7.45. The highest BCUT2D eigenvalue weighted by atomic mass is 32.2. The molecule has 112 valence electrons. The lowest BCUT2D eigenvalue weighted by atomic mass is 9.85. The number of aryl methyl sites for hydroxylation is 1. The van der Waals surface area contributed by atoms with Gasteiger partial charge in [0.25, 0.3) is 0 Å². The maximum atomic E-state index is 12.5. The number of hydrogen-bond acceptors (Lipinski definition) is 3. The van der Waals surface area contributed by atoms with Crippen LogP contribution in [-0.4, -0.2) is 14.5 Å². The van der Waals surface area contributed by atoms with Gasteiger partial charge < -0.3 is 5.73 Å². The fourth-order valence-electron chi connectivity index (χ4n) is 3.08. The Morgan fingerprint density at radius 1 is 1.25 bits per heavy atom. The van der Waals surface area contributed by atoms with E-state index in [9.17, 15) is 8.42 Å². The summed E-state index contributed by atoms with van der Waals surface area (Å²) in [6.45, 7) is 3.73. The van der Waals surface area contributed by atoms with Gasteiger partial charge in [-0.1, -0.05) is 31.4 Å². The van der Waals surface area contributed by atoms with Gasteiger partial charge in [-0.15, -0.1) is 0 Å². The molecular formula is C15H24N2O2S. The van der Waals surface area contributed by atoms with E-state index in [4.69, 9.17) is 5.73 Å². The number of rotatable bonds is 4. The number of sulfonamides is 1. The average Bonchev–Trinajstić information content (AvgIpc) is 2.38. The van der Waals surface area contributed by atoms with Crippen molar-refractivity contribution in [3.63, 3.8) is 0 Å². The van der Waals surface area contributed by atoms with Gasteiger partial charge in [-0.05, 0) is 44.2 Å². The summed E-state index contributed by atoms with van der Waals surface area (Å²) in [5.41, 5.74) is 6.84. The Bertz CT molecular complexity index is 543. The molecule has 0 heterocycles. The summed E-state index contributed by atoms with van der Waals surface area (Å²) in [4.78, 5) is 0.225. The Labute approximate surface area is 121 Å². The molecule has 1 unspecified atom stereocenters. The Morgan fingerprint density at radius 3 is 2.50 bits per heavy atom. The van der Waals surface area contributed by atoms with Crippen LogP contribution in [0.15, 0.2) is 23.1 Å². The Morgan fingerprint density at radius 2 is 1.90 bits per heavy atom. The van der Waals surface area contributed by atoms with Crippen molar-refractivity contribution in [3.8, 4) is 0 Å². The van der Waals surface area contributed by atoms with Crippen molar-refractivity contribution in [2.45, 2.75) is 56.9 Å². The summed E-state index contributed by atoms with van der Waals surface area (Å²) in [5.74, 6) is 0.434. The van der Waals surface area contributed by atoms with Gasteiger partial charge in [-0.3, -0.25) is 0 Å². The number of anilines is 1. The molecule has 4 nitrogen and oxygen atoms in total. The third kappa shape index (κ3) is 3.33. The van der Waals surface area contributed by atoms with Crippen LogP contribution < -0.4 is 10.5 Å². The normalized spacial score (nSPS) is 18.9. The van der Waals surface area contributed by atoms with Gasteiger partial charge in [0.2, 0.25) is 10.0 Å². The van der Waals surface area contributed by atoms with Crippen LogP contribution in [-0.2, 0) is 10.0 Å². The zero-order valence-corrected chi connectivity index (χ0v) is 13.0. The number of nitrogens with two attached hydrogens (primary N) is 1. The molecule has 1 aromatic rings. The third-order valence-electron chi connectivity index (χ3n) is 4.21. The number of benzene rings is 1. The van der Waals surface area contributed by atoms with Crippen molar-refractivity contribution in [3.05, 3.63) is 23.8 Å². The van der Waals surface area contributed by atoms with Gasteiger partial charge in [0, 0.05) is 6.04 Å². The predicted molar refractivity (Wildman–Crippen MR) is 81.9 cm³/mol. The fraction of sp³-hybridized carbons (Fsp3) is 0.600. The largest absolute Gasteiger partial charge is 0.398 e. The minimum atomic E-state index is -3.55. The third-order valence-corrected chi connectivity index (χ3v) is 5.99. The second kappa shape index (κ2) is 6.14. The minimum absolute atomic E-state index is 0.0423. The molecule has 20 heavy (non-hydrogen) atoms. The summed E-state index contributed by atoms with van der Waals surface area (Å²) in [7, 11) is -3.55. The molecule has 1 atom stereocenters. The molecule has 1 aliphatic rings. The highest BCUT2D eigenvalue weighted by Gasteiger charge is 2.27. The van der Waals surface area contributed by atoms with Crippen LogP contribution in [0.5, 0.6) is 0 Å². The predicted octanol–water partition coefficient (Wildman–Crippen LogP) is 2.82. The van der Waals surface area contributed by atoms with Gasteiger partial charge in [-0.25, -0.2) is 13.1 Å². The van der Waals surface area contributed by atoms with Crippen LogP contribution in [0.4, 0.5) is 5.69 Å². The van der Waals surface area contributed by atoms with Gasteiger partial charge in [0.05, 0.1) is 5.69 Å². The van der Waals surface area contributed by atoms with Crippen molar-refractivity contribution in [1.29, 1.82) is 0 Å². The van der Waals surface area contributed by atoms with E-state index in [-0.39, 0.29) is 10.9 Å². The maximum Gasteiger partial charge on any atom is 0.243 e. The first-order chi connectivity index (χ1) is 9.42. The molecule has 1 saturated carbocycles. The van der Waals surface area contributed by atoms with E-state index < -0.39 is 10.0 Å². The molecule has 0 amide bonds. The summed E-state index contributed by atoms with van der Waals surface area (Å²) >= 11 is 0. The van der Waals surface area contributed by atoms with Crippen LogP contribution in [0.2, 0.25) is 0 Å². The van der Waals surface area contributed by atoms with Crippen LogP contribution in [0, 0.1) is 12.8 Å². The van der Waals surface area contributed by atoms with Crippen molar-refractivity contribution >= 4 is 15.7 Å². The topological polar surface area (TPSA) is 72.2 Å². The molecule has 0 bridgehead atoms. The quantitative estimate of drug-likeness (QED) is 0.839. The van der Waals surface area contributed by atoms with E-state index in [2.05, 4.69) is 4.72 Å². The van der Waals surface area contributed by atoms with Gasteiger partial charge in [0.15, 0.2) is 0 Å². The molecule has 0 aliphatic heterocycles. The molecule has 1 aromatic carbocycles. The van der Waals surface area contributed by atoms with Crippen molar-refractivity contribution in [1.82, 2.24) is 4.72 Å². The molecular weight excluding hydrogens is 272 g/mol. The summed E-state index contributed by atoms with van der Waals surface area (Å²) in [6.07, 6.45) is 5.87. The first kappa shape index (κ1) is 15.3.